The van der Waals surface area contributed by atoms with Gasteiger partial charge >= 0.3 is 5.63 Å². The van der Waals surface area contributed by atoms with Gasteiger partial charge < -0.3 is 19.4 Å². The number of aryl methyl sites for hydroxylation is 1. The molecular formula is C24H26N2O5. The van der Waals surface area contributed by atoms with Crippen LogP contribution in [-0.4, -0.2) is 36.9 Å². The SMILES string of the molecule is Cc1c(C)c2ccc(OC(C)C(=O)Nc3cccc(CC(=O)N(C)C)c3)cc2oc1=O. The van der Waals surface area contributed by atoms with Crippen LogP contribution in [-0.2, 0) is 16.0 Å². The lowest BCUT2D eigenvalue weighted by molar-refractivity contribution is -0.128. The number of amides is 2. The zero-order valence-corrected chi connectivity index (χ0v) is 18.3. The van der Waals surface area contributed by atoms with Gasteiger partial charge in [0.2, 0.25) is 5.91 Å². The Hall–Kier alpha value is -3.61. The van der Waals surface area contributed by atoms with Gasteiger partial charge in [-0.3, -0.25) is 9.59 Å². The third kappa shape index (κ3) is 5.12. The number of carbonyl (C=O) groups is 2. The van der Waals surface area contributed by atoms with E-state index >= 15 is 0 Å². The van der Waals surface area contributed by atoms with E-state index in [1.165, 1.54) is 4.90 Å². The topological polar surface area (TPSA) is 88.8 Å². The van der Waals surface area contributed by atoms with Crippen molar-refractivity contribution in [2.24, 2.45) is 0 Å². The van der Waals surface area contributed by atoms with Crippen molar-refractivity contribution in [1.29, 1.82) is 0 Å². The quantitative estimate of drug-likeness (QED) is 0.615. The van der Waals surface area contributed by atoms with Crippen LogP contribution in [0.2, 0.25) is 0 Å². The monoisotopic (exact) mass is 422 g/mol. The summed E-state index contributed by atoms with van der Waals surface area (Å²) in [4.78, 5) is 38.0. The van der Waals surface area contributed by atoms with Gasteiger partial charge in [-0.05, 0) is 56.2 Å². The molecule has 0 fully saturated rings. The van der Waals surface area contributed by atoms with Crippen LogP contribution in [0.25, 0.3) is 11.0 Å². The highest BCUT2D eigenvalue weighted by Gasteiger charge is 2.17. The average Bonchev–Trinajstić information content (AvgIpc) is 2.72. The molecule has 7 heteroatoms. The number of nitrogens with zero attached hydrogens (tertiary/aromatic N) is 1. The molecule has 0 saturated carbocycles. The maximum absolute atomic E-state index is 12.6. The van der Waals surface area contributed by atoms with Crippen molar-refractivity contribution in [3.8, 4) is 5.75 Å². The number of hydrogen-bond donors (Lipinski definition) is 1. The van der Waals surface area contributed by atoms with Gasteiger partial charge in [0.15, 0.2) is 6.10 Å². The highest BCUT2D eigenvalue weighted by molar-refractivity contribution is 5.94. The summed E-state index contributed by atoms with van der Waals surface area (Å²) < 4.78 is 11.1. The Labute approximate surface area is 180 Å². The number of likely N-dealkylation sites (N-methyl/N-ethyl adjacent to an activating group) is 1. The molecule has 1 unspecified atom stereocenters. The molecule has 1 N–H and O–H groups in total. The normalized spacial score (nSPS) is 11.8. The van der Waals surface area contributed by atoms with Crippen molar-refractivity contribution in [1.82, 2.24) is 4.90 Å². The zero-order valence-electron chi connectivity index (χ0n) is 18.3. The minimum absolute atomic E-state index is 0.0198. The molecule has 0 radical (unpaired) electrons. The van der Waals surface area contributed by atoms with E-state index in [0.29, 0.717) is 22.6 Å². The van der Waals surface area contributed by atoms with Crippen LogP contribution in [0.1, 0.15) is 23.6 Å². The molecule has 1 heterocycles. The summed E-state index contributed by atoms with van der Waals surface area (Å²) >= 11 is 0. The minimum atomic E-state index is -0.789. The van der Waals surface area contributed by atoms with Crippen molar-refractivity contribution in [3.05, 3.63) is 69.6 Å². The van der Waals surface area contributed by atoms with Crippen LogP contribution in [0, 0.1) is 13.8 Å². The molecule has 0 aliphatic heterocycles. The van der Waals surface area contributed by atoms with E-state index in [1.807, 2.05) is 19.1 Å². The third-order valence-electron chi connectivity index (χ3n) is 5.16. The van der Waals surface area contributed by atoms with Gasteiger partial charge in [-0.25, -0.2) is 4.79 Å². The second-order valence-corrected chi connectivity index (χ2v) is 7.71. The fourth-order valence-corrected chi connectivity index (χ4v) is 3.10. The first-order valence-electron chi connectivity index (χ1n) is 9.96. The average molecular weight is 422 g/mol. The second kappa shape index (κ2) is 9.04. The zero-order chi connectivity index (χ0) is 22.7. The van der Waals surface area contributed by atoms with Gasteiger partial charge in [-0.15, -0.1) is 0 Å². The van der Waals surface area contributed by atoms with Crippen LogP contribution >= 0.6 is 0 Å². The molecule has 0 aliphatic rings. The van der Waals surface area contributed by atoms with Gasteiger partial charge in [0.1, 0.15) is 11.3 Å². The predicted molar refractivity (Wildman–Crippen MR) is 120 cm³/mol. The molecule has 2 amide bonds. The Balaban J connectivity index is 1.70. The van der Waals surface area contributed by atoms with Gasteiger partial charge in [-0.2, -0.15) is 0 Å². The van der Waals surface area contributed by atoms with Crippen LogP contribution in [0.15, 0.2) is 51.7 Å². The Morgan fingerprint density at radius 3 is 2.55 bits per heavy atom. The van der Waals surface area contributed by atoms with Gasteiger partial charge in [0.05, 0.1) is 6.42 Å². The lowest BCUT2D eigenvalue weighted by atomic mass is 10.1. The van der Waals surface area contributed by atoms with Crippen molar-refractivity contribution in [3.63, 3.8) is 0 Å². The maximum Gasteiger partial charge on any atom is 0.339 e. The smallest absolute Gasteiger partial charge is 0.339 e. The number of hydrogen-bond acceptors (Lipinski definition) is 5. The lowest BCUT2D eigenvalue weighted by Crippen LogP contribution is -2.30. The Morgan fingerprint density at radius 1 is 1.10 bits per heavy atom. The van der Waals surface area contributed by atoms with Crippen LogP contribution in [0.3, 0.4) is 0 Å². The molecular weight excluding hydrogens is 396 g/mol. The summed E-state index contributed by atoms with van der Waals surface area (Å²) in [7, 11) is 3.40. The molecule has 0 spiro atoms. The summed E-state index contributed by atoms with van der Waals surface area (Å²) in [6.45, 7) is 5.23. The van der Waals surface area contributed by atoms with Gasteiger partial charge in [-0.1, -0.05) is 12.1 Å². The molecule has 162 valence electrons. The summed E-state index contributed by atoms with van der Waals surface area (Å²) in [6.07, 6.45) is -0.535. The van der Waals surface area contributed by atoms with E-state index in [4.69, 9.17) is 9.15 Å². The van der Waals surface area contributed by atoms with E-state index in [2.05, 4.69) is 5.32 Å². The van der Waals surface area contributed by atoms with Crippen molar-refractivity contribution >= 4 is 28.5 Å². The van der Waals surface area contributed by atoms with Crippen molar-refractivity contribution in [2.75, 3.05) is 19.4 Å². The number of ether oxygens (including phenoxy) is 1. The Bertz CT molecular complexity index is 1200. The predicted octanol–water partition coefficient (Wildman–Crippen LogP) is 3.45. The standard InChI is InChI=1S/C24H26N2O5/c1-14-15(2)24(29)31-21-13-19(9-10-20(14)21)30-16(3)23(28)25-18-8-6-7-17(11-18)12-22(27)26(4)5/h6-11,13,16H,12H2,1-5H3,(H,25,28). The number of anilines is 1. The largest absolute Gasteiger partial charge is 0.481 e. The molecule has 1 atom stereocenters. The van der Waals surface area contributed by atoms with Crippen LogP contribution in [0.5, 0.6) is 5.75 Å². The van der Waals surface area contributed by atoms with E-state index in [0.717, 1.165) is 16.5 Å². The molecule has 0 bridgehead atoms. The molecule has 31 heavy (non-hydrogen) atoms. The summed E-state index contributed by atoms with van der Waals surface area (Å²) in [5.74, 6) is 0.0677. The Morgan fingerprint density at radius 2 is 1.84 bits per heavy atom. The van der Waals surface area contributed by atoms with E-state index in [9.17, 15) is 14.4 Å². The first-order valence-corrected chi connectivity index (χ1v) is 9.96. The minimum Gasteiger partial charge on any atom is -0.481 e. The number of benzene rings is 2. The maximum atomic E-state index is 12.6. The fraction of sp³-hybridized carbons (Fsp3) is 0.292. The first kappa shape index (κ1) is 22.1. The summed E-state index contributed by atoms with van der Waals surface area (Å²) in [5.41, 5.74) is 2.84. The molecule has 0 saturated heterocycles. The number of carbonyl (C=O) groups excluding carboxylic acids is 2. The van der Waals surface area contributed by atoms with Gasteiger partial charge in [0.25, 0.3) is 5.91 Å². The summed E-state index contributed by atoms with van der Waals surface area (Å²) in [5, 5.41) is 3.63. The molecule has 3 rings (SSSR count). The first-order chi connectivity index (χ1) is 14.7. The molecule has 0 aliphatic carbocycles. The molecule has 3 aromatic rings. The van der Waals surface area contributed by atoms with Crippen molar-refractivity contribution < 1.29 is 18.7 Å². The van der Waals surface area contributed by atoms with Crippen LogP contribution < -0.4 is 15.7 Å². The number of fused-ring (bicyclic) bond motifs is 1. The molecule has 1 aromatic heterocycles. The van der Waals surface area contributed by atoms with Gasteiger partial charge in [0, 0.05) is 36.8 Å². The third-order valence-corrected chi connectivity index (χ3v) is 5.16. The highest BCUT2D eigenvalue weighted by Crippen LogP contribution is 2.24. The van der Waals surface area contributed by atoms with E-state index in [1.54, 1.807) is 58.3 Å². The molecule has 2 aromatic carbocycles. The lowest BCUT2D eigenvalue weighted by Gasteiger charge is -2.16. The molecule has 7 nitrogen and oxygen atoms in total. The van der Waals surface area contributed by atoms with E-state index < -0.39 is 6.10 Å². The van der Waals surface area contributed by atoms with Crippen molar-refractivity contribution in [2.45, 2.75) is 33.3 Å². The van der Waals surface area contributed by atoms with E-state index in [-0.39, 0.29) is 23.9 Å². The number of rotatable bonds is 6. The Kier molecular flexibility index (Phi) is 6.44. The van der Waals surface area contributed by atoms with Crippen LogP contribution in [0.4, 0.5) is 5.69 Å². The highest BCUT2D eigenvalue weighted by atomic mass is 16.5. The summed E-state index contributed by atoms with van der Waals surface area (Å²) in [6, 6.07) is 12.3. The fourth-order valence-electron chi connectivity index (χ4n) is 3.10. The second-order valence-electron chi connectivity index (χ2n) is 7.71. The number of nitrogens with one attached hydrogen (secondary N) is 1.